The van der Waals surface area contributed by atoms with Gasteiger partial charge in [-0.2, -0.15) is 0 Å². The van der Waals surface area contributed by atoms with Crippen molar-refractivity contribution in [1.29, 1.82) is 0 Å². The number of nitrogens with one attached hydrogen (secondary N) is 2. The zero-order chi connectivity index (χ0) is 24.8. The van der Waals surface area contributed by atoms with E-state index in [0.29, 0.717) is 22.7 Å². The first-order chi connectivity index (χ1) is 16.8. The Labute approximate surface area is 202 Å². The van der Waals surface area contributed by atoms with Crippen molar-refractivity contribution in [3.05, 3.63) is 114 Å². The minimum absolute atomic E-state index is 0.0440. The second kappa shape index (κ2) is 10.5. The maximum Gasteiger partial charge on any atom is 0.244 e. The van der Waals surface area contributed by atoms with Crippen LogP contribution in [0.25, 0.3) is 6.08 Å². The maximum absolute atomic E-state index is 13.4. The van der Waals surface area contributed by atoms with Gasteiger partial charge in [0.05, 0.1) is 17.7 Å². The Morgan fingerprint density at radius 3 is 2.51 bits per heavy atom. The van der Waals surface area contributed by atoms with E-state index in [9.17, 15) is 17.6 Å². The van der Waals surface area contributed by atoms with Crippen LogP contribution in [0.4, 0.5) is 4.39 Å². The Bertz CT molecular complexity index is 1410. The number of aromatic nitrogens is 2. The van der Waals surface area contributed by atoms with Crippen LogP contribution < -0.4 is 10.0 Å². The number of carbonyl (C=O) groups excluding carboxylic acids is 1. The van der Waals surface area contributed by atoms with Gasteiger partial charge in [-0.25, -0.2) is 22.5 Å². The summed E-state index contributed by atoms with van der Waals surface area (Å²) in [5, 5.41) is 2.89. The molecule has 0 aliphatic heterocycles. The van der Waals surface area contributed by atoms with Gasteiger partial charge in [-0.1, -0.05) is 24.3 Å². The van der Waals surface area contributed by atoms with E-state index in [1.54, 1.807) is 66.5 Å². The molecule has 0 spiro atoms. The maximum atomic E-state index is 13.4. The van der Waals surface area contributed by atoms with Gasteiger partial charge in [-0.05, 0) is 53.6 Å². The predicted molar refractivity (Wildman–Crippen MR) is 128 cm³/mol. The number of amides is 1. The van der Waals surface area contributed by atoms with Gasteiger partial charge in [0.1, 0.15) is 23.4 Å². The quantitative estimate of drug-likeness (QED) is 0.346. The average Bonchev–Trinajstić information content (AvgIpc) is 3.53. The van der Waals surface area contributed by atoms with Gasteiger partial charge in [0.2, 0.25) is 15.9 Å². The van der Waals surface area contributed by atoms with Crippen molar-refractivity contribution in [2.75, 3.05) is 0 Å². The third-order valence-corrected chi connectivity index (χ3v) is 6.66. The van der Waals surface area contributed by atoms with Crippen molar-refractivity contribution >= 4 is 22.0 Å². The Kier molecular flexibility index (Phi) is 7.23. The molecule has 8 nitrogen and oxygen atoms in total. The van der Waals surface area contributed by atoms with Gasteiger partial charge in [0.15, 0.2) is 0 Å². The predicted octanol–water partition coefficient (Wildman–Crippen LogP) is 3.55. The lowest BCUT2D eigenvalue weighted by atomic mass is 10.1. The van der Waals surface area contributed by atoms with Crippen LogP contribution in [0.2, 0.25) is 0 Å². The average molecular weight is 495 g/mol. The highest BCUT2D eigenvalue weighted by atomic mass is 32.2. The van der Waals surface area contributed by atoms with Gasteiger partial charge in [-0.15, -0.1) is 0 Å². The molecule has 0 bridgehead atoms. The Balaban J connectivity index is 1.43. The van der Waals surface area contributed by atoms with E-state index in [0.717, 1.165) is 0 Å². The minimum Gasteiger partial charge on any atom is -0.468 e. The van der Waals surface area contributed by atoms with Gasteiger partial charge >= 0.3 is 0 Å². The molecule has 4 rings (SSSR count). The highest BCUT2D eigenvalue weighted by molar-refractivity contribution is 7.89. The zero-order valence-corrected chi connectivity index (χ0v) is 19.6. The molecule has 10 heteroatoms. The number of benzene rings is 2. The fourth-order valence-corrected chi connectivity index (χ4v) is 4.38. The van der Waals surface area contributed by atoms with E-state index in [4.69, 9.17) is 4.42 Å². The van der Waals surface area contributed by atoms with Crippen LogP contribution in [0.1, 0.15) is 28.8 Å². The van der Waals surface area contributed by atoms with Crippen molar-refractivity contribution in [1.82, 2.24) is 19.6 Å². The Morgan fingerprint density at radius 2 is 1.89 bits per heavy atom. The summed E-state index contributed by atoms with van der Waals surface area (Å²) < 4.78 is 47.7. The van der Waals surface area contributed by atoms with Crippen molar-refractivity contribution in [2.45, 2.75) is 17.5 Å². The number of carbonyl (C=O) groups is 1. The van der Waals surface area contributed by atoms with Crippen LogP contribution in [-0.4, -0.2) is 23.9 Å². The molecule has 1 amide bonds. The molecule has 0 saturated carbocycles. The summed E-state index contributed by atoms with van der Waals surface area (Å²) in [6.07, 6.45) is 7.76. The van der Waals surface area contributed by atoms with Crippen LogP contribution in [0.5, 0.6) is 0 Å². The molecule has 180 valence electrons. The number of halogens is 1. The molecule has 0 fully saturated rings. The first-order valence-corrected chi connectivity index (χ1v) is 12.1. The van der Waals surface area contributed by atoms with Gasteiger partial charge in [0, 0.05) is 25.5 Å². The third kappa shape index (κ3) is 6.11. The van der Waals surface area contributed by atoms with Crippen LogP contribution >= 0.6 is 0 Å². The molecule has 0 radical (unpaired) electrons. The molecule has 2 heterocycles. The van der Waals surface area contributed by atoms with E-state index < -0.39 is 16.1 Å². The number of nitrogens with zero attached hydrogens (tertiary/aromatic N) is 2. The largest absolute Gasteiger partial charge is 0.468 e. The molecule has 4 aromatic rings. The lowest BCUT2D eigenvalue weighted by Gasteiger charge is -2.18. The highest BCUT2D eigenvalue weighted by Crippen LogP contribution is 2.21. The first-order valence-electron chi connectivity index (χ1n) is 10.7. The van der Waals surface area contributed by atoms with E-state index in [-0.39, 0.29) is 23.2 Å². The van der Waals surface area contributed by atoms with Crippen LogP contribution in [0.15, 0.2) is 94.7 Å². The van der Waals surface area contributed by atoms with E-state index in [2.05, 4.69) is 15.0 Å². The molecule has 35 heavy (non-hydrogen) atoms. The molecule has 2 aromatic carbocycles. The minimum atomic E-state index is -3.71. The van der Waals surface area contributed by atoms with Gasteiger partial charge < -0.3 is 14.3 Å². The number of imidazole rings is 1. The number of furan rings is 1. The SMILES string of the molecule is Cn1ccnc1C(NC(=O)/C=C/c1ccc(S(=O)(=O)NCc2ccco2)cc1)c1ccc(F)cc1. The van der Waals surface area contributed by atoms with Crippen LogP contribution in [-0.2, 0) is 28.4 Å². The van der Waals surface area contributed by atoms with Crippen molar-refractivity contribution in [3.63, 3.8) is 0 Å². The smallest absolute Gasteiger partial charge is 0.244 e. The molecule has 0 aliphatic rings. The van der Waals surface area contributed by atoms with E-state index >= 15 is 0 Å². The Morgan fingerprint density at radius 1 is 1.14 bits per heavy atom. The second-order valence-corrected chi connectivity index (χ2v) is 9.46. The van der Waals surface area contributed by atoms with Crippen LogP contribution in [0.3, 0.4) is 0 Å². The summed E-state index contributed by atoms with van der Waals surface area (Å²) in [7, 11) is -1.91. The number of hydrogen-bond donors (Lipinski definition) is 2. The molecular formula is C25H23FN4O4S. The molecule has 1 unspecified atom stereocenters. The fourth-order valence-electron chi connectivity index (χ4n) is 3.39. The summed E-state index contributed by atoms with van der Waals surface area (Å²) in [5.41, 5.74) is 1.32. The second-order valence-electron chi connectivity index (χ2n) is 7.70. The number of aryl methyl sites for hydroxylation is 1. The van der Waals surface area contributed by atoms with E-state index in [1.807, 2.05) is 0 Å². The molecule has 2 aromatic heterocycles. The summed E-state index contributed by atoms with van der Waals surface area (Å²) in [6.45, 7) is 0.0440. The van der Waals surface area contributed by atoms with Gasteiger partial charge in [-0.3, -0.25) is 4.79 Å². The molecule has 0 aliphatic carbocycles. The monoisotopic (exact) mass is 494 g/mol. The lowest BCUT2D eigenvalue weighted by Crippen LogP contribution is -2.29. The van der Waals surface area contributed by atoms with Crippen molar-refractivity contribution in [2.24, 2.45) is 7.05 Å². The summed E-state index contributed by atoms with van der Waals surface area (Å²) in [5.74, 6) is 0.331. The lowest BCUT2D eigenvalue weighted by molar-refractivity contribution is -0.117. The molecule has 2 N–H and O–H groups in total. The zero-order valence-electron chi connectivity index (χ0n) is 18.8. The highest BCUT2D eigenvalue weighted by Gasteiger charge is 2.20. The normalized spacial score (nSPS) is 12.6. The summed E-state index contributed by atoms with van der Waals surface area (Å²) in [4.78, 5) is 17.1. The summed E-state index contributed by atoms with van der Waals surface area (Å²) in [6, 6.07) is 14.7. The fraction of sp³-hybridized carbons (Fsp3) is 0.120. The summed E-state index contributed by atoms with van der Waals surface area (Å²) >= 11 is 0. The first kappa shape index (κ1) is 24.1. The third-order valence-electron chi connectivity index (χ3n) is 5.24. The molecular weight excluding hydrogens is 471 g/mol. The van der Waals surface area contributed by atoms with E-state index in [1.165, 1.54) is 36.6 Å². The standard InChI is InChI=1S/C25H23FN4O4S/c1-30-15-14-27-25(30)24(19-7-9-20(26)10-8-19)29-23(31)13-6-18-4-11-22(12-5-18)35(32,33)28-17-21-3-2-16-34-21/h2-16,24,28H,17H2,1H3,(H,29,31)/b13-6+. The Hall–Kier alpha value is -4.02. The van der Waals surface area contributed by atoms with Crippen molar-refractivity contribution < 1.29 is 22.0 Å². The number of hydrogen-bond acceptors (Lipinski definition) is 5. The number of sulfonamides is 1. The van der Waals surface area contributed by atoms with Crippen molar-refractivity contribution in [3.8, 4) is 0 Å². The van der Waals surface area contributed by atoms with Gasteiger partial charge in [0.25, 0.3) is 0 Å². The molecule has 1 atom stereocenters. The molecule has 0 saturated heterocycles. The topological polar surface area (TPSA) is 106 Å². The number of rotatable bonds is 9. The van der Waals surface area contributed by atoms with Crippen LogP contribution in [0, 0.1) is 5.82 Å².